The molecule has 0 aliphatic carbocycles. The third-order valence-corrected chi connectivity index (χ3v) is 4.76. The van der Waals surface area contributed by atoms with Gasteiger partial charge in [0.1, 0.15) is 23.6 Å². The summed E-state index contributed by atoms with van der Waals surface area (Å²) in [6, 6.07) is 4.51. The smallest absolute Gasteiger partial charge is 0.293 e. The second-order valence-corrected chi connectivity index (χ2v) is 6.73. The number of halogens is 1. The summed E-state index contributed by atoms with van der Waals surface area (Å²) in [4.78, 5) is 38.0. The number of amides is 2. The number of benzene rings is 1. The number of terminal acetylenes is 1. The zero-order chi connectivity index (χ0) is 23.3. The number of ketones is 1. The molecule has 0 unspecified atom stereocenters. The molecule has 8 nitrogen and oxygen atoms in total. The predicted octanol–water partition coefficient (Wildman–Crippen LogP) is 1.85. The fourth-order valence-corrected chi connectivity index (χ4v) is 3.15. The number of anilines is 1. The Morgan fingerprint density at radius 3 is 2.58 bits per heavy atom. The van der Waals surface area contributed by atoms with Crippen molar-refractivity contribution in [2.75, 3.05) is 19.0 Å². The molecule has 0 saturated carbocycles. The zero-order valence-corrected chi connectivity index (χ0v) is 17.5. The Morgan fingerprint density at radius 1 is 1.32 bits per heavy atom. The van der Waals surface area contributed by atoms with Crippen molar-refractivity contribution in [3.05, 3.63) is 52.1 Å². The zero-order valence-electron chi connectivity index (χ0n) is 17.5. The molecule has 160 valence electrons. The van der Waals surface area contributed by atoms with E-state index in [9.17, 15) is 18.8 Å². The molecule has 0 fully saturated rings. The van der Waals surface area contributed by atoms with E-state index >= 15 is 0 Å². The number of aromatic nitrogens is 1. The molecule has 0 saturated heterocycles. The average molecular weight is 424 g/mol. The lowest BCUT2D eigenvalue weighted by Gasteiger charge is -2.11. The number of hydrogen-bond donors (Lipinski definition) is 2. The first-order valence-corrected chi connectivity index (χ1v) is 9.13. The number of rotatable bonds is 7. The van der Waals surface area contributed by atoms with Crippen molar-refractivity contribution >= 4 is 23.3 Å². The van der Waals surface area contributed by atoms with Gasteiger partial charge in [0.25, 0.3) is 17.6 Å². The van der Waals surface area contributed by atoms with Crippen LogP contribution >= 0.6 is 0 Å². The molecule has 2 rings (SSSR count). The molecule has 1 aromatic heterocycles. The van der Waals surface area contributed by atoms with E-state index in [0.717, 1.165) is 6.07 Å². The maximum Gasteiger partial charge on any atom is 0.293 e. The van der Waals surface area contributed by atoms with E-state index in [0.29, 0.717) is 11.3 Å². The highest BCUT2D eigenvalue weighted by Crippen LogP contribution is 2.23. The highest BCUT2D eigenvalue weighted by atomic mass is 19.1. The molecule has 1 aromatic carbocycles. The summed E-state index contributed by atoms with van der Waals surface area (Å²) >= 11 is 0. The third-order valence-electron chi connectivity index (χ3n) is 4.76. The van der Waals surface area contributed by atoms with Gasteiger partial charge < -0.3 is 19.9 Å². The van der Waals surface area contributed by atoms with Crippen LogP contribution in [-0.4, -0.2) is 41.9 Å². The van der Waals surface area contributed by atoms with Crippen LogP contribution in [0.5, 0.6) is 0 Å². The Morgan fingerprint density at radius 2 is 2.00 bits per heavy atom. The number of methoxy groups -OCH3 is 1. The highest BCUT2D eigenvalue weighted by Gasteiger charge is 2.29. The summed E-state index contributed by atoms with van der Waals surface area (Å²) in [5.41, 5.74) is 0.914. The van der Waals surface area contributed by atoms with Gasteiger partial charge in [0.15, 0.2) is 0 Å². The highest BCUT2D eigenvalue weighted by molar-refractivity contribution is 6.43. The summed E-state index contributed by atoms with van der Waals surface area (Å²) in [6.07, 6.45) is 5.32. The minimum atomic E-state index is -0.916. The van der Waals surface area contributed by atoms with Crippen molar-refractivity contribution in [2.45, 2.75) is 19.9 Å². The Hall–Kier alpha value is -3.95. The fourth-order valence-electron chi connectivity index (χ4n) is 3.15. The summed E-state index contributed by atoms with van der Waals surface area (Å²) < 4.78 is 19.9. The Kier molecular flexibility index (Phi) is 7.30. The lowest BCUT2D eigenvalue weighted by Crippen LogP contribution is -2.41. The lowest BCUT2D eigenvalue weighted by atomic mass is 10.0. The monoisotopic (exact) mass is 424 g/mol. The Bertz CT molecular complexity index is 1140. The first-order chi connectivity index (χ1) is 14.7. The average Bonchev–Trinajstić information content (AvgIpc) is 2.96. The van der Waals surface area contributed by atoms with E-state index < -0.39 is 29.5 Å². The van der Waals surface area contributed by atoms with E-state index in [1.165, 1.54) is 23.8 Å². The van der Waals surface area contributed by atoms with E-state index in [2.05, 4.69) is 16.6 Å². The number of nitrogens with zero attached hydrogens (tertiary/aromatic N) is 2. The van der Waals surface area contributed by atoms with Gasteiger partial charge >= 0.3 is 0 Å². The van der Waals surface area contributed by atoms with Gasteiger partial charge in [-0.2, -0.15) is 5.26 Å². The fraction of sp³-hybridized carbons (Fsp3) is 0.273. The molecule has 9 heteroatoms. The summed E-state index contributed by atoms with van der Waals surface area (Å²) in [6.45, 7) is 3.18. The van der Waals surface area contributed by atoms with E-state index in [-0.39, 0.29) is 29.1 Å². The van der Waals surface area contributed by atoms with Crippen LogP contribution in [0.15, 0.2) is 18.2 Å². The molecule has 0 spiro atoms. The van der Waals surface area contributed by atoms with Crippen LogP contribution in [-0.2, 0) is 16.6 Å². The number of nitriles is 1. The second-order valence-electron chi connectivity index (χ2n) is 6.73. The van der Waals surface area contributed by atoms with Gasteiger partial charge in [0.2, 0.25) is 0 Å². The number of Topliss-reactive ketones (excluding diaryl/α,β-unsaturated/α-hetero) is 1. The van der Waals surface area contributed by atoms with Crippen LogP contribution in [0.2, 0.25) is 0 Å². The quantitative estimate of drug-likeness (QED) is 0.400. The largest absolute Gasteiger partial charge is 0.382 e. The van der Waals surface area contributed by atoms with Crippen LogP contribution in [0.1, 0.15) is 37.7 Å². The van der Waals surface area contributed by atoms with Crippen molar-refractivity contribution in [1.29, 1.82) is 5.26 Å². The first-order valence-electron chi connectivity index (χ1n) is 9.13. The summed E-state index contributed by atoms with van der Waals surface area (Å²) in [7, 11) is 2.99. The van der Waals surface area contributed by atoms with Crippen molar-refractivity contribution in [1.82, 2.24) is 9.88 Å². The molecular weight excluding hydrogens is 403 g/mol. The van der Waals surface area contributed by atoms with E-state index in [4.69, 9.17) is 16.4 Å². The van der Waals surface area contributed by atoms with Crippen LogP contribution in [0.4, 0.5) is 10.1 Å². The minimum Gasteiger partial charge on any atom is -0.382 e. The molecule has 1 atom stereocenters. The van der Waals surface area contributed by atoms with Crippen LogP contribution < -0.4 is 10.6 Å². The van der Waals surface area contributed by atoms with Crippen LogP contribution in [0, 0.1) is 43.3 Å². The summed E-state index contributed by atoms with van der Waals surface area (Å²) in [5.74, 6) is -0.726. The molecular formula is C22H21FN4O4. The normalized spacial score (nSPS) is 11.2. The predicted molar refractivity (Wildman–Crippen MR) is 111 cm³/mol. The topological polar surface area (TPSA) is 113 Å². The molecule has 2 N–H and O–H groups in total. The first kappa shape index (κ1) is 23.3. The molecule has 0 aliphatic rings. The number of ether oxygens (including phenoxy) is 1. The molecule has 2 aromatic rings. The van der Waals surface area contributed by atoms with Gasteiger partial charge in [-0.3, -0.25) is 14.4 Å². The molecule has 1 heterocycles. The van der Waals surface area contributed by atoms with Gasteiger partial charge in [0, 0.05) is 25.5 Å². The van der Waals surface area contributed by atoms with Gasteiger partial charge in [-0.25, -0.2) is 4.39 Å². The maximum absolute atomic E-state index is 13.5. The van der Waals surface area contributed by atoms with Crippen LogP contribution in [0.3, 0.4) is 0 Å². The molecule has 0 bridgehead atoms. The number of carbonyl (C=O) groups is 3. The van der Waals surface area contributed by atoms with Gasteiger partial charge in [-0.15, -0.1) is 6.42 Å². The minimum absolute atomic E-state index is 0.0400. The second kappa shape index (κ2) is 9.70. The maximum atomic E-state index is 13.5. The number of nitrogens with one attached hydrogen (secondary N) is 2. The molecule has 0 aliphatic heterocycles. The van der Waals surface area contributed by atoms with Gasteiger partial charge in [0.05, 0.1) is 17.7 Å². The molecule has 2 amide bonds. The molecule has 31 heavy (non-hydrogen) atoms. The Balaban J connectivity index is 2.34. The van der Waals surface area contributed by atoms with E-state index in [1.807, 2.05) is 0 Å². The number of carbonyl (C=O) groups excluding carboxylic acids is 3. The number of hydrogen-bond acceptors (Lipinski definition) is 5. The van der Waals surface area contributed by atoms with Crippen molar-refractivity contribution in [3.63, 3.8) is 0 Å². The SMILES string of the molecule is C#C[C@@H](COC)NC(=O)C(=O)c1c(C)c(C(=O)Nc2ccc(F)c(C#N)c2)n(C)c1C. The van der Waals surface area contributed by atoms with Crippen molar-refractivity contribution < 1.29 is 23.5 Å². The van der Waals surface area contributed by atoms with Crippen molar-refractivity contribution in [2.24, 2.45) is 7.05 Å². The lowest BCUT2D eigenvalue weighted by molar-refractivity contribution is -0.117. The van der Waals surface area contributed by atoms with Gasteiger partial charge in [-0.1, -0.05) is 5.92 Å². The Labute approximate surface area is 179 Å². The molecule has 0 radical (unpaired) electrons. The standard InChI is InChI=1S/C22H21FN4O4/c1-6-15(11-31-5)25-22(30)20(28)18-12(2)19(27(4)13(18)3)21(29)26-16-7-8-17(23)14(9-16)10-24/h1,7-9,15H,11H2,2-5H3,(H,25,30)(H,26,29)/t15-/m0/s1. The van der Waals surface area contributed by atoms with E-state index in [1.54, 1.807) is 27.0 Å². The van der Waals surface area contributed by atoms with Crippen molar-refractivity contribution in [3.8, 4) is 18.4 Å². The van der Waals surface area contributed by atoms with Gasteiger partial charge in [-0.05, 0) is 37.6 Å². The summed E-state index contributed by atoms with van der Waals surface area (Å²) in [5, 5.41) is 13.9. The van der Waals surface area contributed by atoms with Crippen LogP contribution in [0.25, 0.3) is 0 Å². The third kappa shape index (κ3) is 4.80.